The fraction of sp³-hybridized carbons (Fsp3) is 0.250. The second-order valence-electron chi connectivity index (χ2n) is 2.49. The average molecular weight is 202 g/mol. The van der Waals surface area contributed by atoms with E-state index in [4.69, 9.17) is 4.55 Å². The van der Waals surface area contributed by atoms with Crippen LogP contribution < -0.4 is 0 Å². The summed E-state index contributed by atoms with van der Waals surface area (Å²) in [5.74, 6) is 0. The molecule has 0 unspecified atom stereocenters. The fourth-order valence-corrected chi connectivity index (χ4v) is 1.20. The van der Waals surface area contributed by atoms with E-state index in [0.717, 1.165) is 5.56 Å². The van der Waals surface area contributed by atoms with Gasteiger partial charge in [0.2, 0.25) is 0 Å². The van der Waals surface area contributed by atoms with Crippen molar-refractivity contribution in [2.75, 3.05) is 6.61 Å². The van der Waals surface area contributed by atoms with Crippen molar-refractivity contribution in [3.8, 4) is 0 Å². The van der Waals surface area contributed by atoms with Gasteiger partial charge in [0.25, 0.3) is 0 Å². The molecule has 0 radical (unpaired) electrons. The molecule has 1 aromatic carbocycles. The minimum Gasteiger partial charge on any atom is -0.264 e. The second kappa shape index (κ2) is 4.36. The predicted octanol–water partition coefficient (Wildman–Crippen LogP) is 1.05. The molecule has 0 aromatic heterocycles. The second-order valence-corrected chi connectivity index (χ2v) is 3.58. The number of hydrogen-bond donors (Lipinski definition) is 1. The normalized spacial score (nSPS) is 11.5. The van der Waals surface area contributed by atoms with Gasteiger partial charge in [0.05, 0.1) is 6.61 Å². The van der Waals surface area contributed by atoms with E-state index in [1.807, 2.05) is 30.3 Å². The van der Waals surface area contributed by atoms with E-state index >= 15 is 0 Å². The Hall–Kier alpha value is -0.910. The lowest BCUT2D eigenvalue weighted by Gasteiger charge is -1.99. The van der Waals surface area contributed by atoms with Gasteiger partial charge in [-0.2, -0.15) is 8.42 Å². The highest BCUT2D eigenvalue weighted by Crippen LogP contribution is 2.00. The van der Waals surface area contributed by atoms with Gasteiger partial charge in [0, 0.05) is 0 Å². The molecule has 0 fully saturated rings. The summed E-state index contributed by atoms with van der Waals surface area (Å²) in [5, 5.41) is 0. The molecule has 0 spiro atoms. The molecule has 72 valence electrons. The SMILES string of the molecule is O=S(=O)(O)OCCc1ccccc1. The van der Waals surface area contributed by atoms with Gasteiger partial charge in [-0.15, -0.1) is 0 Å². The number of benzene rings is 1. The zero-order valence-corrected chi connectivity index (χ0v) is 7.70. The van der Waals surface area contributed by atoms with E-state index in [1.54, 1.807) is 0 Å². The molecule has 13 heavy (non-hydrogen) atoms. The number of rotatable bonds is 4. The van der Waals surface area contributed by atoms with Crippen molar-refractivity contribution in [2.24, 2.45) is 0 Å². The first-order valence-corrected chi connectivity index (χ1v) is 5.10. The van der Waals surface area contributed by atoms with Crippen LogP contribution in [0.2, 0.25) is 0 Å². The van der Waals surface area contributed by atoms with Crippen LogP contribution in [0.5, 0.6) is 0 Å². The molecule has 1 rings (SSSR count). The van der Waals surface area contributed by atoms with Crippen molar-refractivity contribution >= 4 is 10.4 Å². The standard InChI is InChI=1S/C8H10O4S/c9-13(10,11)12-7-6-8-4-2-1-3-5-8/h1-5H,6-7H2,(H,9,10,11). The summed E-state index contributed by atoms with van der Waals surface area (Å²) in [4.78, 5) is 0. The maximum Gasteiger partial charge on any atom is 0.397 e. The van der Waals surface area contributed by atoms with Gasteiger partial charge in [-0.25, -0.2) is 4.18 Å². The highest BCUT2D eigenvalue weighted by atomic mass is 32.3. The molecule has 0 bridgehead atoms. The third-order valence-corrected chi connectivity index (χ3v) is 1.93. The first-order chi connectivity index (χ1) is 6.08. The average Bonchev–Trinajstić information content (AvgIpc) is 2.04. The molecule has 0 heterocycles. The minimum absolute atomic E-state index is 0.0388. The molecule has 0 aliphatic carbocycles. The third kappa shape index (κ3) is 4.62. The molecule has 5 heteroatoms. The summed E-state index contributed by atoms with van der Waals surface area (Å²) in [6.45, 7) is -0.0388. The lowest BCUT2D eigenvalue weighted by Crippen LogP contribution is -2.06. The van der Waals surface area contributed by atoms with E-state index in [1.165, 1.54) is 0 Å². The van der Waals surface area contributed by atoms with Gasteiger partial charge in [-0.05, 0) is 12.0 Å². The van der Waals surface area contributed by atoms with Gasteiger partial charge in [-0.3, -0.25) is 4.55 Å². The Balaban J connectivity index is 2.37. The fourth-order valence-electron chi connectivity index (χ4n) is 0.910. The Morgan fingerprint density at radius 2 is 1.85 bits per heavy atom. The van der Waals surface area contributed by atoms with Gasteiger partial charge < -0.3 is 0 Å². The predicted molar refractivity (Wildman–Crippen MR) is 47.6 cm³/mol. The van der Waals surface area contributed by atoms with Gasteiger partial charge >= 0.3 is 10.4 Å². The van der Waals surface area contributed by atoms with Crippen LogP contribution in [0.4, 0.5) is 0 Å². The molecule has 0 aliphatic heterocycles. The van der Waals surface area contributed by atoms with Crippen LogP contribution in [0.1, 0.15) is 5.56 Å². The molecule has 0 amide bonds. The van der Waals surface area contributed by atoms with Crippen LogP contribution in [-0.2, 0) is 21.0 Å². The first kappa shape index (κ1) is 10.2. The lowest BCUT2D eigenvalue weighted by atomic mass is 10.2. The van der Waals surface area contributed by atoms with Crippen LogP contribution >= 0.6 is 0 Å². The molecule has 1 N–H and O–H groups in total. The lowest BCUT2D eigenvalue weighted by molar-refractivity contribution is 0.272. The van der Waals surface area contributed by atoms with Crippen molar-refractivity contribution in [1.82, 2.24) is 0 Å². The van der Waals surface area contributed by atoms with Crippen LogP contribution in [0.15, 0.2) is 30.3 Å². The largest absolute Gasteiger partial charge is 0.397 e. The molecule has 0 aliphatic rings. The zero-order valence-electron chi connectivity index (χ0n) is 6.88. The van der Waals surface area contributed by atoms with Gasteiger partial charge in [0.15, 0.2) is 0 Å². The summed E-state index contributed by atoms with van der Waals surface area (Å²) in [6, 6.07) is 9.28. The van der Waals surface area contributed by atoms with E-state index in [-0.39, 0.29) is 6.61 Å². The van der Waals surface area contributed by atoms with Crippen molar-refractivity contribution < 1.29 is 17.2 Å². The molecular weight excluding hydrogens is 192 g/mol. The van der Waals surface area contributed by atoms with Crippen molar-refractivity contribution in [1.29, 1.82) is 0 Å². The van der Waals surface area contributed by atoms with E-state index in [2.05, 4.69) is 4.18 Å². The van der Waals surface area contributed by atoms with E-state index in [0.29, 0.717) is 6.42 Å². The summed E-state index contributed by atoms with van der Waals surface area (Å²) < 4.78 is 32.7. The molecule has 1 aromatic rings. The summed E-state index contributed by atoms with van der Waals surface area (Å²) in [5.41, 5.74) is 0.964. The van der Waals surface area contributed by atoms with Crippen LogP contribution in [0.25, 0.3) is 0 Å². The monoisotopic (exact) mass is 202 g/mol. The van der Waals surface area contributed by atoms with Crippen molar-refractivity contribution in [3.05, 3.63) is 35.9 Å². The number of hydrogen-bond acceptors (Lipinski definition) is 3. The quantitative estimate of drug-likeness (QED) is 0.741. The van der Waals surface area contributed by atoms with Crippen molar-refractivity contribution in [2.45, 2.75) is 6.42 Å². The molecule has 4 nitrogen and oxygen atoms in total. The highest BCUT2D eigenvalue weighted by molar-refractivity contribution is 7.80. The summed E-state index contributed by atoms with van der Waals surface area (Å²) >= 11 is 0. The van der Waals surface area contributed by atoms with Crippen molar-refractivity contribution in [3.63, 3.8) is 0 Å². The Morgan fingerprint density at radius 3 is 2.38 bits per heavy atom. The van der Waals surface area contributed by atoms with E-state index < -0.39 is 10.4 Å². The van der Waals surface area contributed by atoms with Gasteiger partial charge in [0.1, 0.15) is 0 Å². The van der Waals surface area contributed by atoms with Crippen LogP contribution in [0.3, 0.4) is 0 Å². The van der Waals surface area contributed by atoms with E-state index in [9.17, 15) is 8.42 Å². The highest BCUT2D eigenvalue weighted by Gasteiger charge is 2.02. The van der Waals surface area contributed by atoms with Crippen LogP contribution in [-0.4, -0.2) is 19.6 Å². The Labute approximate surface area is 77.1 Å². The first-order valence-electron chi connectivity index (χ1n) is 3.74. The maximum atomic E-state index is 10.2. The third-order valence-electron chi connectivity index (χ3n) is 1.47. The minimum atomic E-state index is -4.29. The van der Waals surface area contributed by atoms with Crippen LogP contribution in [0, 0.1) is 0 Å². The Bertz CT molecular complexity index is 344. The Kier molecular flexibility index (Phi) is 3.41. The maximum absolute atomic E-state index is 10.2. The summed E-state index contributed by atoms with van der Waals surface area (Å²) in [7, 11) is -4.29. The molecular formula is C8H10O4S. The Morgan fingerprint density at radius 1 is 1.23 bits per heavy atom. The molecule has 0 saturated heterocycles. The molecule has 0 saturated carbocycles. The molecule has 0 atom stereocenters. The summed E-state index contributed by atoms with van der Waals surface area (Å²) in [6.07, 6.45) is 0.459. The van der Waals surface area contributed by atoms with Gasteiger partial charge in [-0.1, -0.05) is 30.3 Å². The zero-order chi connectivity index (χ0) is 9.73. The smallest absolute Gasteiger partial charge is 0.264 e. The topological polar surface area (TPSA) is 63.6 Å².